The van der Waals surface area contributed by atoms with Crippen LogP contribution in [0.2, 0.25) is 0 Å². The number of rotatable bonds is 5. The van der Waals surface area contributed by atoms with Gasteiger partial charge in [-0.05, 0) is 43.7 Å². The van der Waals surface area contributed by atoms with Crippen LogP contribution in [0.4, 0.5) is 0 Å². The molecular formula is C17H18O3. The number of benzene rings is 2. The molecule has 0 aliphatic rings. The van der Waals surface area contributed by atoms with E-state index in [0.717, 1.165) is 11.3 Å². The first-order valence-electron chi connectivity index (χ1n) is 6.63. The minimum Gasteiger partial charge on any atom is -0.489 e. The smallest absolute Gasteiger partial charge is 0.338 e. The van der Waals surface area contributed by atoms with Gasteiger partial charge in [0.15, 0.2) is 0 Å². The van der Waals surface area contributed by atoms with Crippen molar-refractivity contribution in [3.63, 3.8) is 0 Å². The third-order valence-electron chi connectivity index (χ3n) is 2.68. The summed E-state index contributed by atoms with van der Waals surface area (Å²) in [5.74, 6) is 0.534. The average Bonchev–Trinajstić information content (AvgIpc) is 2.46. The van der Waals surface area contributed by atoms with E-state index in [1.165, 1.54) is 0 Å². The molecule has 104 valence electrons. The molecule has 0 spiro atoms. The zero-order chi connectivity index (χ0) is 14.4. The summed E-state index contributed by atoms with van der Waals surface area (Å²) in [6.07, 6.45) is -0.108. The van der Waals surface area contributed by atoms with E-state index >= 15 is 0 Å². The number of esters is 1. The van der Waals surface area contributed by atoms with Crippen molar-refractivity contribution in [2.75, 3.05) is 0 Å². The first kappa shape index (κ1) is 14.1. The molecule has 0 aliphatic heterocycles. The highest BCUT2D eigenvalue weighted by Gasteiger charge is 2.08. The molecule has 0 aliphatic carbocycles. The topological polar surface area (TPSA) is 35.5 Å². The Labute approximate surface area is 119 Å². The molecule has 0 saturated heterocycles. The number of hydrogen-bond donors (Lipinski definition) is 0. The Morgan fingerprint density at radius 2 is 1.65 bits per heavy atom. The summed E-state index contributed by atoms with van der Waals surface area (Å²) in [4.78, 5) is 11.7. The number of carbonyl (C=O) groups is 1. The first-order chi connectivity index (χ1) is 9.65. The van der Waals surface area contributed by atoms with E-state index in [1.54, 1.807) is 12.1 Å². The predicted molar refractivity (Wildman–Crippen MR) is 77.8 cm³/mol. The van der Waals surface area contributed by atoms with Crippen LogP contribution in [0.3, 0.4) is 0 Å². The predicted octanol–water partition coefficient (Wildman–Crippen LogP) is 3.83. The number of para-hydroxylation sites is 1. The lowest BCUT2D eigenvalue weighted by molar-refractivity contribution is 0.0378. The molecule has 2 rings (SSSR count). The summed E-state index contributed by atoms with van der Waals surface area (Å²) in [6, 6.07) is 16.9. The standard InChI is InChI=1S/C17H18O3/c1-13(2)20-17(18)15-10-8-14(9-11-15)12-19-16-6-4-3-5-7-16/h3-11,13H,12H2,1-2H3. The second-order valence-electron chi connectivity index (χ2n) is 4.75. The van der Waals surface area contributed by atoms with Gasteiger partial charge >= 0.3 is 5.97 Å². The van der Waals surface area contributed by atoms with Crippen molar-refractivity contribution >= 4 is 5.97 Å². The van der Waals surface area contributed by atoms with E-state index in [0.29, 0.717) is 12.2 Å². The zero-order valence-electron chi connectivity index (χ0n) is 11.7. The molecule has 0 N–H and O–H groups in total. The van der Waals surface area contributed by atoms with Gasteiger partial charge in [-0.25, -0.2) is 4.79 Å². The normalized spacial score (nSPS) is 10.3. The molecule has 3 nitrogen and oxygen atoms in total. The second kappa shape index (κ2) is 6.75. The number of carbonyl (C=O) groups excluding carboxylic acids is 1. The van der Waals surface area contributed by atoms with Gasteiger partial charge in [-0.1, -0.05) is 30.3 Å². The molecule has 2 aromatic carbocycles. The molecule has 0 unspecified atom stereocenters. The van der Waals surface area contributed by atoms with Gasteiger partial charge in [0.2, 0.25) is 0 Å². The maximum atomic E-state index is 11.7. The van der Waals surface area contributed by atoms with Crippen molar-refractivity contribution in [3.8, 4) is 5.75 Å². The highest BCUT2D eigenvalue weighted by Crippen LogP contribution is 2.13. The molecule has 0 fully saturated rings. The van der Waals surface area contributed by atoms with Crippen LogP contribution in [0.25, 0.3) is 0 Å². The third kappa shape index (κ3) is 4.12. The molecule has 0 heterocycles. The number of ether oxygens (including phenoxy) is 2. The minimum atomic E-state index is -0.296. The first-order valence-corrected chi connectivity index (χ1v) is 6.63. The molecule has 0 saturated carbocycles. The van der Waals surface area contributed by atoms with Crippen molar-refractivity contribution in [1.82, 2.24) is 0 Å². The molecule has 0 amide bonds. The summed E-state index contributed by atoms with van der Waals surface area (Å²) in [5, 5.41) is 0. The fourth-order valence-electron chi connectivity index (χ4n) is 1.70. The summed E-state index contributed by atoms with van der Waals surface area (Å²) < 4.78 is 10.8. The second-order valence-corrected chi connectivity index (χ2v) is 4.75. The highest BCUT2D eigenvalue weighted by molar-refractivity contribution is 5.89. The average molecular weight is 270 g/mol. The van der Waals surface area contributed by atoms with E-state index in [9.17, 15) is 4.79 Å². The minimum absolute atomic E-state index is 0.108. The van der Waals surface area contributed by atoms with Gasteiger partial charge in [-0.3, -0.25) is 0 Å². The molecule has 0 bridgehead atoms. The van der Waals surface area contributed by atoms with E-state index in [1.807, 2.05) is 56.3 Å². The van der Waals surface area contributed by atoms with E-state index in [-0.39, 0.29) is 12.1 Å². The van der Waals surface area contributed by atoms with Crippen LogP contribution in [-0.2, 0) is 11.3 Å². The van der Waals surface area contributed by atoms with Gasteiger partial charge in [0.1, 0.15) is 12.4 Å². The molecule has 2 aromatic rings. The summed E-state index contributed by atoms with van der Waals surface area (Å²) in [7, 11) is 0. The lowest BCUT2D eigenvalue weighted by Gasteiger charge is -2.09. The van der Waals surface area contributed by atoms with Crippen molar-refractivity contribution in [2.24, 2.45) is 0 Å². The Kier molecular flexibility index (Phi) is 4.77. The van der Waals surface area contributed by atoms with Crippen LogP contribution in [0, 0.1) is 0 Å². The largest absolute Gasteiger partial charge is 0.489 e. The Bertz CT molecular complexity index is 544. The molecule has 0 aromatic heterocycles. The maximum absolute atomic E-state index is 11.7. The van der Waals surface area contributed by atoms with E-state index in [2.05, 4.69) is 0 Å². The Hall–Kier alpha value is -2.29. The summed E-state index contributed by atoms with van der Waals surface area (Å²) in [5.41, 5.74) is 1.57. The van der Waals surface area contributed by atoms with Crippen LogP contribution in [-0.4, -0.2) is 12.1 Å². The van der Waals surface area contributed by atoms with Gasteiger partial charge in [-0.15, -0.1) is 0 Å². The molecule has 20 heavy (non-hydrogen) atoms. The van der Waals surface area contributed by atoms with E-state index < -0.39 is 0 Å². The Morgan fingerprint density at radius 1 is 1.00 bits per heavy atom. The van der Waals surface area contributed by atoms with Crippen molar-refractivity contribution in [2.45, 2.75) is 26.6 Å². The van der Waals surface area contributed by atoms with Gasteiger partial charge < -0.3 is 9.47 Å². The Morgan fingerprint density at radius 3 is 2.25 bits per heavy atom. The fourth-order valence-corrected chi connectivity index (χ4v) is 1.70. The van der Waals surface area contributed by atoms with Gasteiger partial charge in [0.05, 0.1) is 11.7 Å². The summed E-state index contributed by atoms with van der Waals surface area (Å²) >= 11 is 0. The van der Waals surface area contributed by atoms with Gasteiger partial charge in [0.25, 0.3) is 0 Å². The lowest BCUT2D eigenvalue weighted by Crippen LogP contribution is -2.11. The van der Waals surface area contributed by atoms with Crippen molar-refractivity contribution < 1.29 is 14.3 Å². The third-order valence-corrected chi connectivity index (χ3v) is 2.68. The quantitative estimate of drug-likeness (QED) is 0.774. The monoisotopic (exact) mass is 270 g/mol. The van der Waals surface area contributed by atoms with Crippen LogP contribution in [0.5, 0.6) is 5.75 Å². The van der Waals surface area contributed by atoms with Crippen LogP contribution in [0.15, 0.2) is 54.6 Å². The molecule has 3 heteroatoms. The fraction of sp³-hybridized carbons (Fsp3) is 0.235. The highest BCUT2D eigenvalue weighted by atomic mass is 16.5. The van der Waals surface area contributed by atoms with Crippen LogP contribution in [0.1, 0.15) is 29.8 Å². The van der Waals surface area contributed by atoms with Gasteiger partial charge in [0, 0.05) is 0 Å². The van der Waals surface area contributed by atoms with Crippen LogP contribution >= 0.6 is 0 Å². The SMILES string of the molecule is CC(C)OC(=O)c1ccc(COc2ccccc2)cc1. The van der Waals surface area contributed by atoms with Crippen molar-refractivity contribution in [3.05, 3.63) is 65.7 Å². The Balaban J connectivity index is 1.93. The zero-order valence-corrected chi connectivity index (χ0v) is 11.7. The molecule has 0 atom stereocenters. The van der Waals surface area contributed by atoms with Crippen molar-refractivity contribution in [1.29, 1.82) is 0 Å². The number of hydrogen-bond acceptors (Lipinski definition) is 3. The lowest BCUT2D eigenvalue weighted by atomic mass is 10.1. The van der Waals surface area contributed by atoms with E-state index in [4.69, 9.17) is 9.47 Å². The maximum Gasteiger partial charge on any atom is 0.338 e. The van der Waals surface area contributed by atoms with Crippen LogP contribution < -0.4 is 4.74 Å². The summed E-state index contributed by atoms with van der Waals surface area (Å²) in [6.45, 7) is 4.14. The van der Waals surface area contributed by atoms with Gasteiger partial charge in [-0.2, -0.15) is 0 Å². The molecule has 0 radical (unpaired) electrons. The molecular weight excluding hydrogens is 252 g/mol.